The molecule has 0 aliphatic heterocycles. The minimum absolute atomic E-state index is 0.0653. The van der Waals surface area contributed by atoms with E-state index in [1.54, 1.807) is 6.92 Å². The summed E-state index contributed by atoms with van der Waals surface area (Å²) in [4.78, 5) is 11.8. The molecule has 0 bridgehead atoms. The van der Waals surface area contributed by atoms with E-state index in [9.17, 15) is 9.90 Å². The molecule has 0 aliphatic rings. The lowest BCUT2D eigenvalue weighted by Gasteiger charge is -2.05. The van der Waals surface area contributed by atoms with Gasteiger partial charge in [-0.3, -0.25) is 4.79 Å². The second-order valence-corrected chi connectivity index (χ2v) is 4.20. The monoisotopic (exact) mass is 261 g/mol. The van der Waals surface area contributed by atoms with Gasteiger partial charge in [0.1, 0.15) is 0 Å². The van der Waals surface area contributed by atoms with Crippen molar-refractivity contribution in [3.05, 3.63) is 42.2 Å². The molecule has 0 saturated heterocycles. The van der Waals surface area contributed by atoms with Gasteiger partial charge in [0.2, 0.25) is 0 Å². The highest BCUT2D eigenvalue weighted by Crippen LogP contribution is 2.17. The minimum Gasteiger partial charge on any atom is -0.504 e. The van der Waals surface area contributed by atoms with Crippen LogP contribution in [-0.4, -0.2) is 38.5 Å². The van der Waals surface area contributed by atoms with E-state index in [1.807, 2.05) is 30.3 Å². The van der Waals surface area contributed by atoms with Gasteiger partial charge in [0.05, 0.1) is 18.0 Å². The Labute approximate surface area is 110 Å². The van der Waals surface area contributed by atoms with E-state index >= 15 is 0 Å². The first kappa shape index (κ1) is 13.1. The van der Waals surface area contributed by atoms with Crippen LogP contribution in [0, 0.1) is 0 Å². The molecule has 1 atom stereocenters. The molecule has 0 spiro atoms. The average Bonchev–Trinajstić information content (AvgIpc) is 2.79. The van der Waals surface area contributed by atoms with Gasteiger partial charge in [0.15, 0.2) is 11.4 Å². The average molecular weight is 261 g/mol. The van der Waals surface area contributed by atoms with Crippen LogP contribution in [0.5, 0.6) is 5.75 Å². The van der Waals surface area contributed by atoms with Gasteiger partial charge in [-0.25, -0.2) is 4.68 Å². The van der Waals surface area contributed by atoms with E-state index in [-0.39, 0.29) is 18.0 Å². The maximum Gasteiger partial charge on any atom is 0.275 e. The number of nitrogens with zero attached hydrogens (tertiary/aromatic N) is 2. The van der Waals surface area contributed by atoms with Crippen LogP contribution in [0.1, 0.15) is 17.4 Å². The molecule has 1 unspecified atom stereocenters. The zero-order valence-electron chi connectivity index (χ0n) is 10.4. The highest BCUT2D eigenvalue weighted by atomic mass is 16.3. The number of hydrogen-bond donors (Lipinski definition) is 3. The zero-order chi connectivity index (χ0) is 13.8. The molecule has 0 saturated carbocycles. The smallest absolute Gasteiger partial charge is 0.275 e. The second-order valence-electron chi connectivity index (χ2n) is 4.20. The van der Waals surface area contributed by atoms with E-state index in [2.05, 4.69) is 10.4 Å². The summed E-state index contributed by atoms with van der Waals surface area (Å²) in [5.74, 6) is -0.722. The molecule has 2 rings (SSSR count). The van der Waals surface area contributed by atoms with Gasteiger partial charge < -0.3 is 15.5 Å². The van der Waals surface area contributed by atoms with Crippen molar-refractivity contribution in [3.8, 4) is 11.4 Å². The van der Waals surface area contributed by atoms with Crippen LogP contribution in [0.15, 0.2) is 36.5 Å². The molecular weight excluding hydrogens is 246 g/mol. The number of hydrogen-bond acceptors (Lipinski definition) is 4. The molecule has 0 fully saturated rings. The van der Waals surface area contributed by atoms with E-state index in [0.29, 0.717) is 0 Å². The van der Waals surface area contributed by atoms with Gasteiger partial charge in [0, 0.05) is 6.54 Å². The summed E-state index contributed by atoms with van der Waals surface area (Å²) in [5.41, 5.74) is 0.678. The number of aromatic nitrogens is 2. The number of aromatic hydroxyl groups is 1. The number of aliphatic hydroxyl groups is 1. The summed E-state index contributed by atoms with van der Waals surface area (Å²) in [6.45, 7) is 1.67. The van der Waals surface area contributed by atoms with Crippen molar-refractivity contribution >= 4 is 5.91 Å². The highest BCUT2D eigenvalue weighted by molar-refractivity contribution is 5.94. The van der Waals surface area contributed by atoms with Crippen LogP contribution >= 0.6 is 0 Å². The van der Waals surface area contributed by atoms with Crippen LogP contribution in [0.2, 0.25) is 0 Å². The maximum absolute atomic E-state index is 11.8. The molecule has 1 aromatic carbocycles. The molecule has 100 valence electrons. The summed E-state index contributed by atoms with van der Waals surface area (Å²) in [7, 11) is 0. The van der Waals surface area contributed by atoms with Gasteiger partial charge in [-0.15, -0.1) is 0 Å². The van der Waals surface area contributed by atoms with Crippen molar-refractivity contribution in [2.45, 2.75) is 13.0 Å². The van der Waals surface area contributed by atoms with E-state index in [0.717, 1.165) is 5.69 Å². The summed E-state index contributed by atoms with van der Waals surface area (Å²) in [6.07, 6.45) is 0.717. The lowest BCUT2D eigenvalue weighted by Crippen LogP contribution is -2.30. The Balaban J connectivity index is 2.20. The van der Waals surface area contributed by atoms with Crippen LogP contribution in [-0.2, 0) is 0 Å². The number of rotatable bonds is 4. The Bertz CT molecular complexity index is 564. The fourth-order valence-electron chi connectivity index (χ4n) is 1.56. The topological polar surface area (TPSA) is 87.4 Å². The number of amides is 1. The third-order valence-electron chi connectivity index (χ3n) is 2.49. The molecule has 1 amide bonds. The number of benzene rings is 1. The third-order valence-corrected chi connectivity index (χ3v) is 2.49. The lowest BCUT2D eigenvalue weighted by atomic mass is 10.3. The molecule has 6 nitrogen and oxygen atoms in total. The summed E-state index contributed by atoms with van der Waals surface area (Å²) in [6, 6.07) is 9.15. The Morgan fingerprint density at radius 1 is 1.42 bits per heavy atom. The summed E-state index contributed by atoms with van der Waals surface area (Å²) in [5, 5.41) is 25.3. The SMILES string of the molecule is CC(O)CNC(=O)c1nn(-c2ccccc2)cc1O. The Hall–Kier alpha value is -2.34. The zero-order valence-corrected chi connectivity index (χ0v) is 10.4. The fraction of sp³-hybridized carbons (Fsp3) is 0.231. The maximum atomic E-state index is 11.8. The fourth-order valence-corrected chi connectivity index (χ4v) is 1.56. The minimum atomic E-state index is -0.651. The molecule has 1 aromatic heterocycles. The van der Waals surface area contributed by atoms with Crippen molar-refractivity contribution in [3.63, 3.8) is 0 Å². The highest BCUT2D eigenvalue weighted by Gasteiger charge is 2.17. The molecule has 0 radical (unpaired) electrons. The molecule has 3 N–H and O–H groups in total. The number of aliphatic hydroxyl groups excluding tert-OH is 1. The second kappa shape index (κ2) is 5.53. The normalized spacial score (nSPS) is 12.1. The third kappa shape index (κ3) is 3.11. The molecule has 2 aromatic rings. The molecule has 0 aliphatic carbocycles. The lowest BCUT2D eigenvalue weighted by molar-refractivity contribution is 0.0916. The van der Waals surface area contributed by atoms with Crippen LogP contribution in [0.4, 0.5) is 0 Å². The van der Waals surface area contributed by atoms with Crippen molar-refractivity contribution in [1.82, 2.24) is 15.1 Å². The number of carbonyl (C=O) groups is 1. The van der Waals surface area contributed by atoms with Gasteiger partial charge >= 0.3 is 0 Å². The first-order chi connectivity index (χ1) is 9.08. The number of nitrogens with one attached hydrogen (secondary N) is 1. The standard InChI is InChI=1S/C13H15N3O3/c1-9(17)7-14-13(19)12-11(18)8-16(15-12)10-5-3-2-4-6-10/h2-6,8-9,17-18H,7H2,1H3,(H,14,19). The first-order valence-corrected chi connectivity index (χ1v) is 5.88. The largest absolute Gasteiger partial charge is 0.504 e. The summed E-state index contributed by atoms with van der Waals surface area (Å²) < 4.78 is 1.42. The molecule has 6 heteroatoms. The number of para-hydroxylation sites is 1. The van der Waals surface area contributed by atoms with Crippen molar-refractivity contribution in [2.75, 3.05) is 6.54 Å². The summed E-state index contributed by atoms with van der Waals surface area (Å²) >= 11 is 0. The van der Waals surface area contributed by atoms with E-state index < -0.39 is 12.0 Å². The van der Waals surface area contributed by atoms with Crippen molar-refractivity contribution < 1.29 is 15.0 Å². The Morgan fingerprint density at radius 2 is 2.11 bits per heavy atom. The Morgan fingerprint density at radius 3 is 2.74 bits per heavy atom. The van der Waals surface area contributed by atoms with Crippen LogP contribution < -0.4 is 5.32 Å². The molecular formula is C13H15N3O3. The van der Waals surface area contributed by atoms with Crippen LogP contribution in [0.25, 0.3) is 5.69 Å². The van der Waals surface area contributed by atoms with Gasteiger partial charge in [-0.1, -0.05) is 18.2 Å². The van der Waals surface area contributed by atoms with Gasteiger partial charge in [-0.2, -0.15) is 5.10 Å². The van der Waals surface area contributed by atoms with Crippen LogP contribution in [0.3, 0.4) is 0 Å². The predicted octanol–water partition coefficient (Wildman–Crippen LogP) is 0.688. The number of carbonyl (C=O) groups excluding carboxylic acids is 1. The van der Waals surface area contributed by atoms with Crippen molar-refractivity contribution in [2.24, 2.45) is 0 Å². The Kier molecular flexibility index (Phi) is 3.82. The van der Waals surface area contributed by atoms with E-state index in [4.69, 9.17) is 5.11 Å². The first-order valence-electron chi connectivity index (χ1n) is 5.88. The van der Waals surface area contributed by atoms with E-state index in [1.165, 1.54) is 10.9 Å². The van der Waals surface area contributed by atoms with Crippen molar-refractivity contribution in [1.29, 1.82) is 0 Å². The predicted molar refractivity (Wildman–Crippen MR) is 69.2 cm³/mol. The molecule has 19 heavy (non-hydrogen) atoms. The van der Waals surface area contributed by atoms with Gasteiger partial charge in [-0.05, 0) is 19.1 Å². The quantitative estimate of drug-likeness (QED) is 0.755. The molecule has 1 heterocycles. The van der Waals surface area contributed by atoms with Gasteiger partial charge in [0.25, 0.3) is 5.91 Å².